The Morgan fingerprint density at radius 3 is 3.20 bits per heavy atom. The third kappa shape index (κ3) is 4.62. The van der Waals surface area contributed by atoms with Crippen molar-refractivity contribution in [3.05, 3.63) is 11.1 Å². The van der Waals surface area contributed by atoms with Gasteiger partial charge in [-0.25, -0.2) is 0 Å². The number of rotatable bonds is 4. The van der Waals surface area contributed by atoms with E-state index in [1.54, 1.807) is 11.7 Å². The van der Waals surface area contributed by atoms with Crippen LogP contribution in [-0.4, -0.2) is 43.1 Å². The second kappa shape index (κ2) is 7.41. The first-order valence-corrected chi connectivity index (χ1v) is 7.69. The fourth-order valence-corrected chi connectivity index (χ4v) is 2.82. The van der Waals surface area contributed by atoms with Crippen LogP contribution in [-0.2, 0) is 20.2 Å². The number of hydrogen-bond donors (Lipinski definition) is 2. The van der Waals surface area contributed by atoms with E-state index in [0.717, 1.165) is 17.2 Å². The minimum atomic E-state index is -0.523. The first kappa shape index (κ1) is 15.0. The van der Waals surface area contributed by atoms with E-state index in [1.807, 2.05) is 13.8 Å². The van der Waals surface area contributed by atoms with Crippen molar-refractivity contribution in [1.29, 1.82) is 0 Å². The van der Waals surface area contributed by atoms with Crippen LogP contribution >= 0.6 is 0 Å². The van der Waals surface area contributed by atoms with Crippen molar-refractivity contribution in [2.75, 3.05) is 19.7 Å². The minimum Gasteiger partial charge on any atom is -0.356 e. The molecule has 2 aliphatic heterocycles. The summed E-state index contributed by atoms with van der Waals surface area (Å²) in [6.45, 7) is 5.83. The Kier molecular flexibility index (Phi) is 5.57. The molecule has 0 aromatic rings. The third-order valence-electron chi connectivity index (χ3n) is 2.56. The highest BCUT2D eigenvalue weighted by atomic mass is 32.2. The molecule has 20 heavy (non-hydrogen) atoms. The summed E-state index contributed by atoms with van der Waals surface area (Å²) in [5, 5.41) is 10.0. The molecule has 0 aliphatic carbocycles. The minimum absolute atomic E-state index is 0.0830. The smallest absolute Gasteiger partial charge is 0.227 e. The molecule has 2 unspecified atom stereocenters. The van der Waals surface area contributed by atoms with Crippen molar-refractivity contribution in [1.82, 2.24) is 10.6 Å². The van der Waals surface area contributed by atoms with E-state index in [-0.39, 0.29) is 18.6 Å². The van der Waals surface area contributed by atoms with Crippen molar-refractivity contribution in [2.24, 2.45) is 14.6 Å². The molecule has 2 aliphatic rings. The van der Waals surface area contributed by atoms with Crippen LogP contribution in [0.25, 0.3) is 0 Å². The van der Waals surface area contributed by atoms with E-state index >= 15 is 0 Å². The van der Waals surface area contributed by atoms with Crippen LogP contribution in [0.4, 0.5) is 0 Å². The highest BCUT2D eigenvalue weighted by Gasteiger charge is 2.18. The SMILES string of the molecule is CC(C)=NN=S1C=NC=C1CC(=O)NC1CNCCO1. The number of nitrogens with one attached hydrogen (secondary N) is 2. The summed E-state index contributed by atoms with van der Waals surface area (Å²) in [5.41, 5.74) is 2.59. The molecule has 2 heterocycles. The van der Waals surface area contributed by atoms with Gasteiger partial charge in [0.25, 0.3) is 0 Å². The normalized spacial score (nSPS) is 25.4. The molecular formula is C12H19N5O2S. The van der Waals surface area contributed by atoms with E-state index in [9.17, 15) is 4.79 Å². The van der Waals surface area contributed by atoms with E-state index < -0.39 is 10.7 Å². The summed E-state index contributed by atoms with van der Waals surface area (Å²) in [4.78, 5) is 16.9. The molecule has 2 atom stereocenters. The Bertz CT molecular complexity index is 488. The van der Waals surface area contributed by atoms with Crippen LogP contribution in [0.15, 0.2) is 25.7 Å². The van der Waals surface area contributed by atoms with E-state index in [0.29, 0.717) is 13.2 Å². The van der Waals surface area contributed by atoms with Gasteiger partial charge in [-0.1, -0.05) is 0 Å². The van der Waals surface area contributed by atoms with Crippen LogP contribution in [0.2, 0.25) is 0 Å². The van der Waals surface area contributed by atoms with Crippen LogP contribution in [0.3, 0.4) is 0 Å². The molecule has 1 fully saturated rings. The van der Waals surface area contributed by atoms with E-state index in [4.69, 9.17) is 4.74 Å². The maximum atomic E-state index is 12.0. The molecule has 0 aromatic heterocycles. The average Bonchev–Trinajstić information content (AvgIpc) is 2.84. The van der Waals surface area contributed by atoms with Crippen molar-refractivity contribution in [3.8, 4) is 0 Å². The van der Waals surface area contributed by atoms with Crippen molar-refractivity contribution < 1.29 is 9.53 Å². The topological polar surface area (TPSA) is 87.4 Å². The monoisotopic (exact) mass is 297 g/mol. The molecule has 0 bridgehead atoms. The molecule has 2 rings (SSSR count). The molecule has 0 radical (unpaired) electrons. The molecule has 0 saturated carbocycles. The van der Waals surface area contributed by atoms with Gasteiger partial charge in [0.15, 0.2) is 0 Å². The van der Waals surface area contributed by atoms with Crippen LogP contribution in [0.1, 0.15) is 20.3 Å². The standard InChI is InChI=1S/C12H19N5O2S/c1-9(2)16-17-20-8-14-6-10(20)5-11(18)15-12-7-13-3-4-19-12/h6,8,12-13H,3-5,7H2,1-2H3,(H,15,18). The second-order valence-corrected chi connectivity index (χ2v) is 6.13. The van der Waals surface area contributed by atoms with Gasteiger partial charge >= 0.3 is 0 Å². The lowest BCUT2D eigenvalue weighted by molar-refractivity contribution is -0.125. The lowest BCUT2D eigenvalue weighted by Gasteiger charge is -2.24. The van der Waals surface area contributed by atoms with Crippen molar-refractivity contribution in [2.45, 2.75) is 26.5 Å². The number of aliphatic imine (C=N–C) groups is 1. The van der Waals surface area contributed by atoms with Crippen LogP contribution < -0.4 is 10.6 Å². The molecule has 7 nitrogen and oxygen atoms in total. The Labute approximate surface area is 120 Å². The number of morpholine rings is 1. The lowest BCUT2D eigenvalue weighted by Crippen LogP contribution is -2.49. The molecule has 8 heteroatoms. The first-order chi connectivity index (χ1) is 9.65. The summed E-state index contributed by atoms with van der Waals surface area (Å²) in [6.07, 6.45) is 1.70. The van der Waals surface area contributed by atoms with Gasteiger partial charge in [-0.15, -0.1) is 4.47 Å². The van der Waals surface area contributed by atoms with Gasteiger partial charge < -0.3 is 15.4 Å². The Morgan fingerprint density at radius 2 is 2.50 bits per heavy atom. The van der Waals surface area contributed by atoms with Crippen LogP contribution in [0, 0.1) is 0 Å². The number of carbonyl (C=O) groups excluding carboxylic acids is 1. The number of amides is 1. The largest absolute Gasteiger partial charge is 0.356 e. The lowest BCUT2D eigenvalue weighted by atomic mass is 10.3. The fraction of sp³-hybridized carbons (Fsp3) is 0.583. The number of nitrogens with zero attached hydrogens (tertiary/aromatic N) is 3. The zero-order valence-corrected chi connectivity index (χ0v) is 12.4. The van der Waals surface area contributed by atoms with Gasteiger partial charge in [0.05, 0.1) is 18.6 Å². The Balaban J connectivity index is 1.87. The summed E-state index contributed by atoms with van der Waals surface area (Å²) in [7, 11) is -0.523. The molecule has 1 amide bonds. The third-order valence-corrected chi connectivity index (χ3v) is 3.93. The summed E-state index contributed by atoms with van der Waals surface area (Å²) in [5.74, 6) is -0.0830. The predicted molar refractivity (Wildman–Crippen MR) is 80.5 cm³/mol. The number of carbonyl (C=O) groups is 1. The highest BCUT2D eigenvalue weighted by molar-refractivity contribution is 8.04. The maximum Gasteiger partial charge on any atom is 0.227 e. The zero-order chi connectivity index (χ0) is 14.4. The van der Waals surface area contributed by atoms with Gasteiger partial charge in [-0.05, 0) is 24.5 Å². The molecule has 110 valence electrons. The molecule has 2 N–H and O–H groups in total. The van der Waals surface area contributed by atoms with Gasteiger partial charge in [-0.2, -0.15) is 5.10 Å². The van der Waals surface area contributed by atoms with E-state index in [2.05, 4.69) is 25.2 Å². The van der Waals surface area contributed by atoms with E-state index in [1.165, 1.54) is 0 Å². The summed E-state index contributed by atoms with van der Waals surface area (Å²) < 4.78 is 9.61. The quantitative estimate of drug-likeness (QED) is 0.586. The number of hydrogen-bond acceptors (Lipinski definition) is 5. The van der Waals surface area contributed by atoms with Gasteiger partial charge in [0.2, 0.25) is 5.91 Å². The first-order valence-electron chi connectivity index (χ1n) is 6.44. The molecule has 0 aromatic carbocycles. The summed E-state index contributed by atoms with van der Waals surface area (Å²) in [6, 6.07) is 0. The predicted octanol–water partition coefficient (Wildman–Crippen LogP) is 0.520. The maximum absolute atomic E-state index is 12.0. The van der Waals surface area contributed by atoms with Crippen molar-refractivity contribution in [3.63, 3.8) is 0 Å². The number of ether oxygens (including phenoxy) is 1. The van der Waals surface area contributed by atoms with Gasteiger partial charge in [0.1, 0.15) is 6.23 Å². The van der Waals surface area contributed by atoms with Gasteiger partial charge in [-0.3, -0.25) is 9.79 Å². The van der Waals surface area contributed by atoms with Crippen LogP contribution in [0.5, 0.6) is 0 Å². The highest BCUT2D eigenvalue weighted by Crippen LogP contribution is 2.15. The molecule has 0 spiro atoms. The Hall–Kier alpha value is -1.38. The zero-order valence-electron chi connectivity index (χ0n) is 11.6. The van der Waals surface area contributed by atoms with Gasteiger partial charge in [0, 0.05) is 29.9 Å². The summed E-state index contributed by atoms with van der Waals surface area (Å²) >= 11 is 0. The molecular weight excluding hydrogens is 278 g/mol. The second-order valence-electron chi connectivity index (χ2n) is 4.60. The molecule has 1 saturated heterocycles. The van der Waals surface area contributed by atoms with Crippen molar-refractivity contribution >= 4 is 27.9 Å². The fourth-order valence-electron chi connectivity index (χ4n) is 1.66. The Morgan fingerprint density at radius 1 is 1.65 bits per heavy atom. The average molecular weight is 297 g/mol.